The maximum atomic E-state index is 4.15. The van der Waals surface area contributed by atoms with Gasteiger partial charge in [0.05, 0.1) is 0 Å². The van der Waals surface area contributed by atoms with Gasteiger partial charge in [-0.1, -0.05) is 33.8 Å². The highest BCUT2D eigenvalue weighted by atomic mass is 14.9. The van der Waals surface area contributed by atoms with Gasteiger partial charge in [0, 0.05) is 25.0 Å². The van der Waals surface area contributed by atoms with Crippen molar-refractivity contribution in [2.75, 3.05) is 6.54 Å². The van der Waals surface area contributed by atoms with Gasteiger partial charge in [-0.25, -0.2) is 0 Å². The van der Waals surface area contributed by atoms with Crippen molar-refractivity contribution in [1.82, 2.24) is 10.3 Å². The first-order valence-electron chi connectivity index (χ1n) is 6.07. The van der Waals surface area contributed by atoms with Gasteiger partial charge in [-0.15, -0.1) is 0 Å². The van der Waals surface area contributed by atoms with Crippen LogP contribution in [0.2, 0.25) is 0 Å². The van der Waals surface area contributed by atoms with Crippen LogP contribution in [-0.4, -0.2) is 11.5 Å². The second-order valence-electron chi connectivity index (χ2n) is 5.53. The summed E-state index contributed by atoms with van der Waals surface area (Å²) in [4.78, 5) is 4.15. The van der Waals surface area contributed by atoms with E-state index in [9.17, 15) is 0 Å². The minimum atomic E-state index is 0.330. The van der Waals surface area contributed by atoms with Crippen LogP contribution in [0, 0.1) is 11.3 Å². The summed E-state index contributed by atoms with van der Waals surface area (Å²) in [6.07, 6.45) is 3.74. The predicted octanol–water partition coefficient (Wildman–Crippen LogP) is 3.41. The van der Waals surface area contributed by atoms with E-state index in [-0.39, 0.29) is 0 Å². The first-order chi connectivity index (χ1) is 7.43. The van der Waals surface area contributed by atoms with E-state index in [0.29, 0.717) is 17.4 Å². The molecule has 1 aromatic rings. The lowest BCUT2D eigenvalue weighted by atomic mass is 9.81. The first kappa shape index (κ1) is 13.2. The molecule has 16 heavy (non-hydrogen) atoms. The van der Waals surface area contributed by atoms with Gasteiger partial charge in [0.15, 0.2) is 0 Å². The van der Waals surface area contributed by atoms with Crippen molar-refractivity contribution in [1.29, 1.82) is 0 Å². The molecule has 0 spiro atoms. The Balaban J connectivity index is 2.51. The van der Waals surface area contributed by atoms with Crippen molar-refractivity contribution in [2.24, 2.45) is 11.3 Å². The number of rotatable bonds is 5. The van der Waals surface area contributed by atoms with Gasteiger partial charge in [-0.3, -0.25) is 4.98 Å². The third-order valence-electron chi connectivity index (χ3n) is 3.61. The van der Waals surface area contributed by atoms with Gasteiger partial charge in [0.25, 0.3) is 0 Å². The quantitative estimate of drug-likeness (QED) is 0.822. The molecule has 0 saturated carbocycles. The topological polar surface area (TPSA) is 24.9 Å². The molecule has 0 saturated heterocycles. The molecule has 0 aliphatic rings. The van der Waals surface area contributed by atoms with E-state index in [0.717, 1.165) is 6.54 Å². The minimum Gasteiger partial charge on any atom is -0.310 e. The zero-order chi connectivity index (χ0) is 12.2. The average molecular weight is 220 g/mol. The van der Waals surface area contributed by atoms with Crippen molar-refractivity contribution in [2.45, 2.75) is 40.7 Å². The van der Waals surface area contributed by atoms with Crippen LogP contribution >= 0.6 is 0 Å². The summed E-state index contributed by atoms with van der Waals surface area (Å²) in [6, 6.07) is 4.47. The molecular weight excluding hydrogens is 196 g/mol. The molecule has 1 rings (SSSR count). The molecule has 2 nitrogen and oxygen atoms in total. The Bertz CT molecular complexity index is 304. The summed E-state index contributed by atoms with van der Waals surface area (Å²) in [6.45, 7) is 12.4. The average Bonchev–Trinajstić information content (AvgIpc) is 2.27. The Morgan fingerprint density at radius 2 is 2.00 bits per heavy atom. The second-order valence-corrected chi connectivity index (χ2v) is 5.53. The van der Waals surface area contributed by atoms with Crippen LogP contribution < -0.4 is 5.32 Å². The monoisotopic (exact) mass is 220 g/mol. The van der Waals surface area contributed by atoms with E-state index < -0.39 is 0 Å². The highest BCUT2D eigenvalue weighted by molar-refractivity contribution is 5.12. The Labute approximate surface area is 99.5 Å². The lowest BCUT2D eigenvalue weighted by Gasteiger charge is -2.31. The molecule has 0 radical (unpaired) electrons. The molecular formula is C14H24N2. The fourth-order valence-electron chi connectivity index (χ4n) is 1.37. The van der Waals surface area contributed by atoms with E-state index >= 15 is 0 Å². The standard InChI is InChI=1S/C14H24N2/c1-11(2)14(4,5)10-16-12(3)13-7-6-8-15-9-13/h6-9,11-12,16H,10H2,1-5H3. The molecule has 90 valence electrons. The van der Waals surface area contributed by atoms with Gasteiger partial charge in [-0.2, -0.15) is 0 Å². The Kier molecular flexibility index (Phi) is 4.48. The highest BCUT2D eigenvalue weighted by Gasteiger charge is 2.22. The molecule has 1 N–H and O–H groups in total. The van der Waals surface area contributed by atoms with E-state index in [1.54, 1.807) is 0 Å². The van der Waals surface area contributed by atoms with Gasteiger partial charge in [-0.05, 0) is 29.9 Å². The zero-order valence-electron chi connectivity index (χ0n) is 11.1. The Hall–Kier alpha value is -0.890. The number of nitrogens with zero attached hydrogens (tertiary/aromatic N) is 1. The van der Waals surface area contributed by atoms with Crippen LogP contribution in [0.5, 0.6) is 0 Å². The summed E-state index contributed by atoms with van der Waals surface area (Å²) in [7, 11) is 0. The van der Waals surface area contributed by atoms with Crippen LogP contribution in [-0.2, 0) is 0 Å². The van der Waals surface area contributed by atoms with E-state index in [1.165, 1.54) is 5.56 Å². The first-order valence-corrected chi connectivity index (χ1v) is 6.07. The molecule has 1 heterocycles. The van der Waals surface area contributed by atoms with Crippen molar-refractivity contribution in [3.8, 4) is 0 Å². The molecule has 1 atom stereocenters. The molecule has 1 unspecified atom stereocenters. The molecule has 1 aromatic heterocycles. The van der Waals surface area contributed by atoms with Crippen molar-refractivity contribution >= 4 is 0 Å². The molecule has 0 aliphatic heterocycles. The third-order valence-corrected chi connectivity index (χ3v) is 3.61. The number of pyridine rings is 1. The van der Waals surface area contributed by atoms with Crippen molar-refractivity contribution < 1.29 is 0 Å². The Morgan fingerprint density at radius 1 is 1.31 bits per heavy atom. The van der Waals surface area contributed by atoms with E-state index in [2.05, 4.69) is 51.0 Å². The zero-order valence-corrected chi connectivity index (χ0v) is 11.1. The molecule has 0 amide bonds. The SMILES string of the molecule is CC(NCC(C)(C)C(C)C)c1cccnc1. The number of hydrogen-bond donors (Lipinski definition) is 1. The molecule has 0 aliphatic carbocycles. The smallest absolute Gasteiger partial charge is 0.0315 e. The summed E-state index contributed by atoms with van der Waals surface area (Å²) in [5, 5.41) is 3.58. The fourth-order valence-corrected chi connectivity index (χ4v) is 1.37. The third kappa shape index (κ3) is 3.60. The summed E-state index contributed by atoms with van der Waals surface area (Å²) in [5.41, 5.74) is 1.58. The predicted molar refractivity (Wildman–Crippen MR) is 69.3 cm³/mol. The maximum Gasteiger partial charge on any atom is 0.0315 e. The van der Waals surface area contributed by atoms with Gasteiger partial charge in [0.1, 0.15) is 0 Å². The highest BCUT2D eigenvalue weighted by Crippen LogP contribution is 2.25. The normalized spacial score (nSPS) is 14.1. The van der Waals surface area contributed by atoms with Crippen LogP contribution in [0.1, 0.15) is 46.2 Å². The lowest BCUT2D eigenvalue weighted by molar-refractivity contribution is 0.230. The van der Waals surface area contributed by atoms with Gasteiger partial charge in [0.2, 0.25) is 0 Å². The molecule has 0 fully saturated rings. The van der Waals surface area contributed by atoms with Crippen LogP contribution in [0.3, 0.4) is 0 Å². The summed E-state index contributed by atoms with van der Waals surface area (Å²) >= 11 is 0. The maximum absolute atomic E-state index is 4.15. The van der Waals surface area contributed by atoms with Crippen molar-refractivity contribution in [3.63, 3.8) is 0 Å². The van der Waals surface area contributed by atoms with Gasteiger partial charge >= 0.3 is 0 Å². The second kappa shape index (κ2) is 5.44. The van der Waals surface area contributed by atoms with E-state index in [1.807, 2.05) is 18.5 Å². The molecule has 0 bridgehead atoms. The minimum absolute atomic E-state index is 0.330. The van der Waals surface area contributed by atoms with Crippen molar-refractivity contribution in [3.05, 3.63) is 30.1 Å². The number of nitrogens with one attached hydrogen (secondary N) is 1. The van der Waals surface area contributed by atoms with E-state index in [4.69, 9.17) is 0 Å². The fraction of sp³-hybridized carbons (Fsp3) is 0.643. The summed E-state index contributed by atoms with van der Waals surface area (Å²) in [5.74, 6) is 0.682. The molecule has 0 aromatic carbocycles. The summed E-state index contributed by atoms with van der Waals surface area (Å²) < 4.78 is 0. The lowest BCUT2D eigenvalue weighted by Crippen LogP contribution is -2.34. The van der Waals surface area contributed by atoms with Gasteiger partial charge < -0.3 is 5.32 Å². The van der Waals surface area contributed by atoms with Crippen LogP contribution in [0.4, 0.5) is 0 Å². The Morgan fingerprint density at radius 3 is 2.50 bits per heavy atom. The van der Waals surface area contributed by atoms with Crippen LogP contribution in [0.15, 0.2) is 24.5 Å². The molecule has 2 heteroatoms. The van der Waals surface area contributed by atoms with Crippen LogP contribution in [0.25, 0.3) is 0 Å². The number of hydrogen-bond acceptors (Lipinski definition) is 2. The number of aromatic nitrogens is 1. The largest absolute Gasteiger partial charge is 0.310 e.